The molecule has 54 heavy (non-hydrogen) atoms. The number of pyridine rings is 4. The van der Waals surface area contributed by atoms with Crippen molar-refractivity contribution in [1.29, 1.82) is 0 Å². The molecule has 15 heteroatoms. The summed E-state index contributed by atoms with van der Waals surface area (Å²) in [6.45, 7) is 8.16. The number of nitrogens with zero attached hydrogens (tertiary/aromatic N) is 8. The monoisotopic (exact) mass is 750 g/mol. The molecule has 6 aromatic heterocycles. The highest BCUT2D eigenvalue weighted by Crippen LogP contribution is 2.49. The summed E-state index contributed by atoms with van der Waals surface area (Å²) in [4.78, 5) is 51.2. The Hall–Kier alpha value is -5.70. The van der Waals surface area contributed by atoms with Gasteiger partial charge < -0.3 is 18.6 Å². The molecule has 0 bridgehead atoms. The van der Waals surface area contributed by atoms with Crippen LogP contribution in [0.3, 0.4) is 0 Å². The van der Waals surface area contributed by atoms with Gasteiger partial charge in [-0.2, -0.15) is 8.42 Å². The van der Waals surface area contributed by atoms with Crippen molar-refractivity contribution < 1.29 is 27.5 Å². The van der Waals surface area contributed by atoms with Gasteiger partial charge in [-0.3, -0.25) is 19.6 Å². The lowest BCUT2D eigenvalue weighted by molar-refractivity contribution is -0.143. The van der Waals surface area contributed by atoms with E-state index in [-0.39, 0.29) is 35.6 Å². The predicted octanol–water partition coefficient (Wildman–Crippen LogP) is 5.43. The summed E-state index contributed by atoms with van der Waals surface area (Å²) >= 11 is -0.750. The minimum atomic E-state index is -0.750. The van der Waals surface area contributed by atoms with Crippen molar-refractivity contribution in [2.45, 2.75) is 58.8 Å². The molecule has 6 heterocycles. The van der Waals surface area contributed by atoms with Gasteiger partial charge >= 0.3 is 23.5 Å². The summed E-state index contributed by atoms with van der Waals surface area (Å²) in [6, 6.07) is 8.33. The molecule has 8 rings (SSSR count). The molecule has 280 valence electrons. The predicted molar refractivity (Wildman–Crippen MR) is 202 cm³/mol. The minimum absolute atomic E-state index is 0.0275. The summed E-state index contributed by atoms with van der Waals surface area (Å²) in [5.41, 5.74) is 11.7. The van der Waals surface area contributed by atoms with Gasteiger partial charge in [0.05, 0.1) is 26.1 Å². The Kier molecular flexibility index (Phi) is 11.1. The van der Waals surface area contributed by atoms with Gasteiger partial charge in [0.2, 0.25) is 0 Å². The van der Waals surface area contributed by atoms with Gasteiger partial charge in [-0.05, 0) is 97.4 Å². The van der Waals surface area contributed by atoms with Crippen molar-refractivity contribution in [1.82, 2.24) is 39.0 Å². The fourth-order valence-electron chi connectivity index (χ4n) is 6.96. The highest BCUT2D eigenvalue weighted by atomic mass is 32.1. The lowest BCUT2D eigenvalue weighted by Crippen LogP contribution is -2.05. The first-order chi connectivity index (χ1) is 25.9. The van der Waals surface area contributed by atoms with Crippen molar-refractivity contribution in [3.8, 4) is 23.0 Å². The maximum Gasteiger partial charge on any atom is 0.335 e. The normalized spacial score (nSPS) is 18.2. The average molecular weight is 751 g/mol. The number of carbonyl (C=O) groups excluding carboxylic acids is 2. The first-order valence-electron chi connectivity index (χ1n) is 17.6. The Balaban J connectivity index is 0.000000172. The van der Waals surface area contributed by atoms with Crippen LogP contribution in [-0.4, -0.2) is 73.6 Å². The first-order valence-corrected chi connectivity index (χ1v) is 18.2. The smallest absolute Gasteiger partial charge is 0.335 e. The second-order valence-electron chi connectivity index (χ2n) is 13.8. The van der Waals surface area contributed by atoms with Crippen molar-refractivity contribution in [2.75, 3.05) is 14.2 Å². The number of aryl methyl sites for hydroxylation is 6. The number of rotatable bonds is 7. The third kappa shape index (κ3) is 7.53. The number of hydrogen-bond donors (Lipinski definition) is 0. The molecule has 0 radical (unpaired) electrons. The van der Waals surface area contributed by atoms with Crippen molar-refractivity contribution in [3.05, 3.63) is 82.4 Å². The molecular weight excluding hydrogens is 709 g/mol. The Bertz CT molecular complexity index is 2440. The van der Waals surface area contributed by atoms with Crippen LogP contribution in [0.15, 0.2) is 49.1 Å². The fraction of sp³-hybridized carbons (Fsp3) is 0.385. The van der Waals surface area contributed by atoms with E-state index in [2.05, 4.69) is 34.0 Å². The van der Waals surface area contributed by atoms with Crippen molar-refractivity contribution >= 4 is 45.8 Å². The second-order valence-corrected chi connectivity index (χ2v) is 13.9. The molecule has 0 amide bonds. The Morgan fingerprint density at radius 1 is 0.704 bits per heavy atom. The van der Waals surface area contributed by atoms with Crippen LogP contribution in [-0.2, 0) is 51.2 Å². The topological polar surface area (TPSA) is 174 Å². The van der Waals surface area contributed by atoms with Gasteiger partial charge in [0.15, 0.2) is 22.9 Å². The van der Waals surface area contributed by atoms with Crippen molar-refractivity contribution in [3.63, 3.8) is 0 Å². The summed E-state index contributed by atoms with van der Waals surface area (Å²) < 4.78 is 30.2. The number of methoxy groups -OCH3 is 2. The van der Waals surface area contributed by atoms with E-state index in [4.69, 9.17) is 32.8 Å². The molecule has 2 aliphatic rings. The van der Waals surface area contributed by atoms with Crippen LogP contribution in [0.5, 0.6) is 0 Å². The van der Waals surface area contributed by atoms with E-state index >= 15 is 0 Å². The standard InChI is InChI=1S/C20H22N4O2.C19H20N4O2.O2S/c1-5-12-7-13(14-8-15(14)20(25)26-4)10-21-17(12)19-23-16-6-11(2)9-22-18(16)24(19)3;1-10-5-15-17(21-8-10)23(3)18(22-15)16-11(2)6-12(9-20-16)13-7-14(13)19(24)25-4;1-3-2/h6-7,9-10,14-15H,5,8H2,1-4H3;5-6,8-9,13-14H,7H2,1-4H3;. The third-order valence-electron chi connectivity index (χ3n) is 10.0. The molecule has 0 aliphatic heterocycles. The van der Waals surface area contributed by atoms with E-state index < -0.39 is 11.6 Å². The van der Waals surface area contributed by atoms with Crippen LogP contribution in [0.2, 0.25) is 0 Å². The second kappa shape index (κ2) is 15.7. The molecule has 2 aliphatic carbocycles. The largest absolute Gasteiger partial charge is 0.469 e. The molecular formula is C39H42N8O6S. The van der Waals surface area contributed by atoms with Gasteiger partial charge in [0.1, 0.15) is 22.4 Å². The summed E-state index contributed by atoms with van der Waals surface area (Å²) in [5.74, 6) is 1.74. The zero-order valence-corrected chi connectivity index (χ0v) is 32.3. The van der Waals surface area contributed by atoms with Crippen LogP contribution in [0.25, 0.3) is 45.4 Å². The lowest BCUT2D eigenvalue weighted by atomic mass is 10.0. The lowest BCUT2D eigenvalue weighted by Gasteiger charge is -2.09. The molecule has 0 saturated heterocycles. The molecule has 2 fully saturated rings. The summed E-state index contributed by atoms with van der Waals surface area (Å²) in [6.07, 6.45) is 9.95. The van der Waals surface area contributed by atoms with E-state index in [0.29, 0.717) is 0 Å². The zero-order valence-electron chi connectivity index (χ0n) is 31.5. The first kappa shape index (κ1) is 38.0. The maximum absolute atomic E-state index is 11.7. The van der Waals surface area contributed by atoms with Crippen molar-refractivity contribution in [2.24, 2.45) is 25.9 Å². The summed E-state index contributed by atoms with van der Waals surface area (Å²) in [5, 5.41) is 0. The van der Waals surface area contributed by atoms with Crippen LogP contribution in [0.4, 0.5) is 0 Å². The summed E-state index contributed by atoms with van der Waals surface area (Å²) in [7, 11) is 6.80. The molecule has 2 saturated carbocycles. The van der Waals surface area contributed by atoms with Gasteiger partial charge in [-0.15, -0.1) is 0 Å². The van der Waals surface area contributed by atoms with Crippen LogP contribution in [0.1, 0.15) is 65.0 Å². The average Bonchev–Trinajstić information content (AvgIpc) is 4.09. The van der Waals surface area contributed by atoms with Gasteiger partial charge in [-0.1, -0.05) is 19.1 Å². The Labute approximate surface area is 316 Å². The number of hydrogen-bond acceptors (Lipinski definition) is 12. The highest BCUT2D eigenvalue weighted by Gasteiger charge is 2.46. The Morgan fingerprint density at radius 3 is 1.59 bits per heavy atom. The molecule has 0 spiro atoms. The minimum Gasteiger partial charge on any atom is -0.469 e. The number of fused-ring (bicyclic) bond motifs is 2. The molecule has 14 nitrogen and oxygen atoms in total. The molecule has 4 unspecified atom stereocenters. The molecule has 0 aromatic carbocycles. The van der Waals surface area contributed by atoms with E-state index in [1.807, 2.05) is 80.9 Å². The van der Waals surface area contributed by atoms with Crippen LogP contribution in [0, 0.1) is 32.6 Å². The Morgan fingerprint density at radius 2 is 1.15 bits per heavy atom. The molecule has 6 aromatic rings. The van der Waals surface area contributed by atoms with Gasteiger partial charge in [0.25, 0.3) is 0 Å². The zero-order chi connectivity index (χ0) is 38.8. The molecule has 4 atom stereocenters. The maximum atomic E-state index is 11.7. The number of carbonyl (C=O) groups is 2. The van der Waals surface area contributed by atoms with Crippen LogP contribution >= 0.6 is 0 Å². The van der Waals surface area contributed by atoms with E-state index in [9.17, 15) is 9.59 Å². The number of aromatic nitrogens is 8. The number of imidazole rings is 2. The van der Waals surface area contributed by atoms with Crippen LogP contribution < -0.4 is 0 Å². The number of esters is 2. The van der Waals surface area contributed by atoms with E-state index in [0.717, 1.165) is 98.0 Å². The molecule has 0 N–H and O–H groups in total. The highest BCUT2D eigenvalue weighted by molar-refractivity contribution is 7.51. The van der Waals surface area contributed by atoms with Gasteiger partial charge in [-0.25, -0.2) is 19.9 Å². The van der Waals surface area contributed by atoms with Gasteiger partial charge in [0, 0.05) is 38.9 Å². The number of ether oxygens (including phenoxy) is 2. The quantitative estimate of drug-likeness (QED) is 0.190. The fourth-order valence-corrected chi connectivity index (χ4v) is 6.96. The SMILES string of the molecule is CCc1cc(C2CC2C(=O)OC)cnc1-c1nc2cc(C)cnc2n1C.COC(=O)C1CC1c1cnc(-c2nc3cc(C)cnc3n2C)c(C)c1.O=S=O. The van der Waals surface area contributed by atoms with E-state index in [1.54, 1.807) is 0 Å². The van der Waals surface area contributed by atoms with E-state index in [1.165, 1.54) is 14.2 Å². The third-order valence-corrected chi connectivity index (χ3v) is 10.0.